The third kappa shape index (κ3) is 3.30. The van der Waals surface area contributed by atoms with Gasteiger partial charge in [0.25, 0.3) is 0 Å². The summed E-state index contributed by atoms with van der Waals surface area (Å²) in [5.41, 5.74) is 1.27. The van der Waals surface area contributed by atoms with E-state index >= 15 is 0 Å². The van der Waals surface area contributed by atoms with Gasteiger partial charge in [0.2, 0.25) is 0 Å². The lowest BCUT2D eigenvalue weighted by atomic mass is 10.2. The van der Waals surface area contributed by atoms with Gasteiger partial charge in [-0.05, 0) is 24.3 Å². The van der Waals surface area contributed by atoms with Crippen molar-refractivity contribution in [3.8, 4) is 5.75 Å². The number of anilines is 1. The Balaban J connectivity index is 1.50. The van der Waals surface area contributed by atoms with Gasteiger partial charge < -0.3 is 19.5 Å². The van der Waals surface area contributed by atoms with E-state index in [2.05, 4.69) is 27.3 Å². The molecule has 0 amide bonds. The minimum Gasteiger partial charge on any atom is -0.492 e. The van der Waals surface area contributed by atoms with Crippen LogP contribution in [-0.4, -0.2) is 42.3 Å². The molecule has 5 heteroatoms. The molecule has 2 aromatic rings. The van der Waals surface area contributed by atoms with Crippen molar-refractivity contribution < 1.29 is 4.74 Å². The smallest absolute Gasteiger partial charge is 0.119 e. The van der Waals surface area contributed by atoms with Gasteiger partial charge in [-0.25, -0.2) is 4.98 Å². The fraction of sp³-hybridized carbons (Fsp3) is 0.400. The molecule has 1 fully saturated rings. The zero-order valence-electron chi connectivity index (χ0n) is 11.5. The number of nitrogens with one attached hydrogen (secondary N) is 1. The Bertz CT molecular complexity index is 503. The topological polar surface area (TPSA) is 42.3 Å². The van der Waals surface area contributed by atoms with Gasteiger partial charge in [0.1, 0.15) is 12.4 Å². The van der Waals surface area contributed by atoms with Crippen molar-refractivity contribution in [3.63, 3.8) is 0 Å². The Labute approximate surface area is 119 Å². The lowest BCUT2D eigenvalue weighted by Gasteiger charge is -2.29. The van der Waals surface area contributed by atoms with Crippen LogP contribution in [0.2, 0.25) is 0 Å². The van der Waals surface area contributed by atoms with Crippen molar-refractivity contribution in [2.45, 2.75) is 6.54 Å². The summed E-state index contributed by atoms with van der Waals surface area (Å²) < 4.78 is 7.75. The first-order valence-corrected chi connectivity index (χ1v) is 7.06. The van der Waals surface area contributed by atoms with Gasteiger partial charge in [-0.3, -0.25) is 0 Å². The molecule has 5 nitrogen and oxygen atoms in total. The first-order chi connectivity index (χ1) is 9.92. The summed E-state index contributed by atoms with van der Waals surface area (Å²) in [6.45, 7) is 5.73. The van der Waals surface area contributed by atoms with Gasteiger partial charge in [-0.2, -0.15) is 0 Å². The van der Waals surface area contributed by atoms with Gasteiger partial charge in [0.05, 0.1) is 12.9 Å². The fourth-order valence-electron chi connectivity index (χ4n) is 2.36. The lowest BCUT2D eigenvalue weighted by Crippen LogP contribution is -2.43. The number of aromatic nitrogens is 2. The molecule has 2 heterocycles. The molecule has 0 unspecified atom stereocenters. The highest BCUT2D eigenvalue weighted by molar-refractivity contribution is 5.49. The zero-order chi connectivity index (χ0) is 13.6. The largest absolute Gasteiger partial charge is 0.492 e. The van der Waals surface area contributed by atoms with Crippen LogP contribution in [0.1, 0.15) is 0 Å². The van der Waals surface area contributed by atoms with Crippen LogP contribution in [0, 0.1) is 0 Å². The van der Waals surface area contributed by atoms with Crippen LogP contribution in [0.15, 0.2) is 43.0 Å². The molecule has 0 radical (unpaired) electrons. The first kappa shape index (κ1) is 13.0. The molecule has 0 bridgehead atoms. The molecule has 3 rings (SSSR count). The molecule has 0 spiro atoms. The number of piperazine rings is 1. The molecule has 1 aliphatic rings. The van der Waals surface area contributed by atoms with Crippen molar-refractivity contribution in [1.82, 2.24) is 14.9 Å². The van der Waals surface area contributed by atoms with E-state index in [0.717, 1.165) is 38.5 Å². The second kappa shape index (κ2) is 6.43. The van der Waals surface area contributed by atoms with Crippen LogP contribution < -0.4 is 15.0 Å². The lowest BCUT2D eigenvalue weighted by molar-refractivity contribution is 0.298. The molecular formula is C15H20N4O. The van der Waals surface area contributed by atoms with Gasteiger partial charge in [0, 0.05) is 44.3 Å². The summed E-state index contributed by atoms with van der Waals surface area (Å²) >= 11 is 0. The molecule has 1 N–H and O–H groups in total. The molecule has 0 atom stereocenters. The summed E-state index contributed by atoms with van der Waals surface area (Å²) in [6.07, 6.45) is 5.52. The number of imidazole rings is 1. The van der Waals surface area contributed by atoms with Crippen LogP contribution in [0.3, 0.4) is 0 Å². The van der Waals surface area contributed by atoms with E-state index in [1.165, 1.54) is 5.69 Å². The van der Waals surface area contributed by atoms with Crippen molar-refractivity contribution >= 4 is 5.69 Å². The number of nitrogens with zero attached hydrogens (tertiary/aromatic N) is 3. The standard InChI is InChI=1S/C15H20N4O/c1-3-15(20-12-11-18-8-5-17-13-18)4-2-14(1)19-9-6-16-7-10-19/h1-5,8,13,16H,6-7,9-12H2. The Kier molecular flexibility index (Phi) is 4.18. The zero-order valence-corrected chi connectivity index (χ0v) is 11.5. The molecule has 1 saturated heterocycles. The average Bonchev–Trinajstić information content (AvgIpc) is 3.02. The van der Waals surface area contributed by atoms with Gasteiger partial charge in [0.15, 0.2) is 0 Å². The second-order valence-electron chi connectivity index (χ2n) is 4.88. The van der Waals surface area contributed by atoms with Crippen molar-refractivity contribution in [3.05, 3.63) is 43.0 Å². The van der Waals surface area contributed by atoms with Crippen molar-refractivity contribution in [1.29, 1.82) is 0 Å². The minimum atomic E-state index is 0.656. The van der Waals surface area contributed by atoms with Gasteiger partial charge in [-0.1, -0.05) is 0 Å². The predicted octanol–water partition coefficient (Wildman–Crippen LogP) is 1.37. The van der Waals surface area contributed by atoms with Gasteiger partial charge >= 0.3 is 0 Å². The second-order valence-corrected chi connectivity index (χ2v) is 4.88. The third-order valence-corrected chi connectivity index (χ3v) is 3.50. The molecule has 20 heavy (non-hydrogen) atoms. The number of benzene rings is 1. The van der Waals surface area contributed by atoms with Crippen LogP contribution >= 0.6 is 0 Å². The molecule has 0 saturated carbocycles. The number of hydrogen-bond acceptors (Lipinski definition) is 4. The van der Waals surface area contributed by atoms with E-state index < -0.39 is 0 Å². The third-order valence-electron chi connectivity index (χ3n) is 3.50. The molecule has 1 aliphatic heterocycles. The monoisotopic (exact) mass is 272 g/mol. The maximum atomic E-state index is 5.74. The Morgan fingerprint density at radius 3 is 2.65 bits per heavy atom. The van der Waals surface area contributed by atoms with E-state index in [1.54, 1.807) is 12.5 Å². The minimum absolute atomic E-state index is 0.656. The van der Waals surface area contributed by atoms with E-state index in [9.17, 15) is 0 Å². The highest BCUT2D eigenvalue weighted by Crippen LogP contribution is 2.19. The number of ether oxygens (including phenoxy) is 1. The van der Waals surface area contributed by atoms with Crippen molar-refractivity contribution in [2.75, 3.05) is 37.7 Å². The van der Waals surface area contributed by atoms with Crippen LogP contribution in [0.25, 0.3) is 0 Å². The molecule has 1 aromatic heterocycles. The summed E-state index contributed by atoms with van der Waals surface area (Å²) in [7, 11) is 0. The SMILES string of the molecule is c1cn(CCOc2ccc(N3CCNCC3)cc2)cn1. The van der Waals surface area contributed by atoms with E-state index in [-0.39, 0.29) is 0 Å². The van der Waals surface area contributed by atoms with Crippen LogP contribution in [0.5, 0.6) is 5.75 Å². The average molecular weight is 272 g/mol. The molecular weight excluding hydrogens is 252 g/mol. The predicted molar refractivity (Wildman–Crippen MR) is 79.2 cm³/mol. The highest BCUT2D eigenvalue weighted by atomic mass is 16.5. The maximum Gasteiger partial charge on any atom is 0.119 e. The van der Waals surface area contributed by atoms with E-state index in [1.807, 2.05) is 22.9 Å². The van der Waals surface area contributed by atoms with Crippen molar-refractivity contribution in [2.24, 2.45) is 0 Å². The van der Waals surface area contributed by atoms with E-state index in [4.69, 9.17) is 4.74 Å². The van der Waals surface area contributed by atoms with Gasteiger partial charge in [-0.15, -0.1) is 0 Å². The van der Waals surface area contributed by atoms with Crippen LogP contribution in [0.4, 0.5) is 5.69 Å². The quantitative estimate of drug-likeness (QED) is 0.893. The molecule has 106 valence electrons. The normalized spacial score (nSPS) is 15.3. The summed E-state index contributed by atoms with van der Waals surface area (Å²) in [4.78, 5) is 6.40. The summed E-state index contributed by atoms with van der Waals surface area (Å²) in [5.74, 6) is 0.920. The maximum absolute atomic E-state index is 5.74. The number of rotatable bonds is 5. The van der Waals surface area contributed by atoms with E-state index in [0.29, 0.717) is 6.61 Å². The Morgan fingerprint density at radius 1 is 1.15 bits per heavy atom. The summed E-state index contributed by atoms with van der Waals surface area (Å²) in [6, 6.07) is 8.37. The first-order valence-electron chi connectivity index (χ1n) is 7.06. The Morgan fingerprint density at radius 2 is 1.95 bits per heavy atom. The summed E-state index contributed by atoms with van der Waals surface area (Å²) in [5, 5.41) is 3.36. The molecule has 0 aliphatic carbocycles. The van der Waals surface area contributed by atoms with Crippen LogP contribution in [-0.2, 0) is 6.54 Å². The fourth-order valence-corrected chi connectivity index (χ4v) is 2.36. The number of hydrogen-bond donors (Lipinski definition) is 1. The molecule has 1 aromatic carbocycles. The Hall–Kier alpha value is -2.01. The highest BCUT2D eigenvalue weighted by Gasteiger charge is 2.09.